The molecule has 1 aromatic rings. The molecule has 0 radical (unpaired) electrons. The highest BCUT2D eigenvalue weighted by Gasteiger charge is 2.27. The summed E-state index contributed by atoms with van der Waals surface area (Å²) >= 11 is 6.01. The van der Waals surface area contributed by atoms with Crippen molar-refractivity contribution in [2.24, 2.45) is 11.8 Å². The fourth-order valence-corrected chi connectivity index (χ4v) is 4.59. The van der Waals surface area contributed by atoms with Gasteiger partial charge in [0.25, 0.3) is 0 Å². The van der Waals surface area contributed by atoms with Gasteiger partial charge in [0.2, 0.25) is 11.8 Å². The molecule has 3 rings (SSSR count). The molecule has 1 aliphatic heterocycles. The van der Waals surface area contributed by atoms with Crippen molar-refractivity contribution in [1.82, 2.24) is 16.0 Å². The van der Waals surface area contributed by atoms with Gasteiger partial charge in [-0.2, -0.15) is 0 Å². The van der Waals surface area contributed by atoms with Crippen molar-refractivity contribution in [3.05, 3.63) is 34.9 Å². The Kier molecular flexibility index (Phi) is 10.7. The Labute approximate surface area is 200 Å². The van der Waals surface area contributed by atoms with Crippen molar-refractivity contribution in [1.29, 1.82) is 0 Å². The number of benzene rings is 1. The van der Waals surface area contributed by atoms with E-state index in [2.05, 4.69) is 16.0 Å². The second-order valence-corrected chi connectivity index (χ2v) is 9.14. The third kappa shape index (κ3) is 7.94. The Bertz CT molecular complexity index is 761. The van der Waals surface area contributed by atoms with Crippen LogP contribution >= 0.6 is 24.0 Å². The Morgan fingerprint density at radius 3 is 2.34 bits per heavy atom. The maximum atomic E-state index is 12.7. The monoisotopic (exact) mass is 485 g/mol. The van der Waals surface area contributed by atoms with Gasteiger partial charge < -0.3 is 21.1 Å². The molecule has 2 amide bonds. The van der Waals surface area contributed by atoms with Crippen LogP contribution in [-0.4, -0.2) is 48.6 Å². The third-order valence-corrected chi connectivity index (χ3v) is 6.71. The lowest BCUT2D eigenvalue weighted by Crippen LogP contribution is -2.42. The first-order valence-corrected chi connectivity index (χ1v) is 11.6. The minimum Gasteiger partial charge on any atom is -0.481 e. The van der Waals surface area contributed by atoms with Gasteiger partial charge >= 0.3 is 5.97 Å². The number of carbonyl (C=O) groups excluding carboxylic acids is 2. The zero-order valence-corrected chi connectivity index (χ0v) is 19.7. The average Bonchev–Trinajstić information content (AvgIpc) is 3.31. The number of aliphatic carboxylic acids is 1. The fourth-order valence-electron chi connectivity index (χ4n) is 4.47. The average molecular weight is 486 g/mol. The molecule has 0 bridgehead atoms. The van der Waals surface area contributed by atoms with E-state index < -0.39 is 5.97 Å². The second kappa shape index (κ2) is 13.0. The van der Waals surface area contributed by atoms with E-state index in [9.17, 15) is 14.4 Å². The van der Waals surface area contributed by atoms with E-state index in [4.69, 9.17) is 16.7 Å². The Balaban J connectivity index is 0.00000363. The molecular weight excluding hydrogens is 453 g/mol. The zero-order valence-electron chi connectivity index (χ0n) is 18.1. The highest BCUT2D eigenvalue weighted by molar-refractivity contribution is 6.30. The predicted octanol–water partition coefficient (Wildman–Crippen LogP) is 3.11. The number of amides is 2. The van der Waals surface area contributed by atoms with Gasteiger partial charge in [-0.3, -0.25) is 14.4 Å². The number of hydrogen-bond donors (Lipinski definition) is 4. The van der Waals surface area contributed by atoms with Crippen molar-refractivity contribution in [3.8, 4) is 0 Å². The van der Waals surface area contributed by atoms with E-state index in [1.807, 2.05) is 12.1 Å². The van der Waals surface area contributed by atoms with Crippen LogP contribution in [0, 0.1) is 11.8 Å². The van der Waals surface area contributed by atoms with Crippen molar-refractivity contribution in [2.45, 2.75) is 56.9 Å². The minimum absolute atomic E-state index is 0. The summed E-state index contributed by atoms with van der Waals surface area (Å²) < 4.78 is 0. The maximum Gasteiger partial charge on any atom is 0.306 e. The number of carboxylic acids is 1. The van der Waals surface area contributed by atoms with E-state index in [-0.39, 0.29) is 48.5 Å². The van der Waals surface area contributed by atoms with Gasteiger partial charge in [-0.25, -0.2) is 0 Å². The molecule has 178 valence electrons. The van der Waals surface area contributed by atoms with Gasteiger partial charge in [-0.05, 0) is 68.7 Å². The molecule has 1 heterocycles. The van der Waals surface area contributed by atoms with Gasteiger partial charge in [0, 0.05) is 30.5 Å². The lowest BCUT2D eigenvalue weighted by molar-refractivity contribution is -0.143. The van der Waals surface area contributed by atoms with E-state index in [0.717, 1.165) is 37.8 Å². The summed E-state index contributed by atoms with van der Waals surface area (Å²) in [4.78, 5) is 36.1. The van der Waals surface area contributed by atoms with Crippen molar-refractivity contribution < 1.29 is 19.5 Å². The number of nitrogens with one attached hydrogen (secondary N) is 3. The molecule has 2 fully saturated rings. The van der Waals surface area contributed by atoms with Crippen LogP contribution in [-0.2, 0) is 14.4 Å². The molecule has 1 saturated carbocycles. The number of halogens is 2. The largest absolute Gasteiger partial charge is 0.481 e. The van der Waals surface area contributed by atoms with Gasteiger partial charge in [0.05, 0.1) is 12.0 Å². The molecule has 0 unspecified atom stereocenters. The van der Waals surface area contributed by atoms with E-state index in [1.165, 1.54) is 0 Å². The molecule has 7 nitrogen and oxygen atoms in total. The summed E-state index contributed by atoms with van der Waals surface area (Å²) in [5.74, 6) is -0.880. The first-order valence-electron chi connectivity index (χ1n) is 11.2. The van der Waals surface area contributed by atoms with Crippen molar-refractivity contribution >= 4 is 41.8 Å². The zero-order chi connectivity index (χ0) is 22.2. The summed E-state index contributed by atoms with van der Waals surface area (Å²) in [5.41, 5.74) is 0.959. The third-order valence-electron chi connectivity index (χ3n) is 6.46. The standard InChI is InChI=1S/C23H32ClN3O4.ClH/c24-19-9-7-16(8-10-19)18(14-27-22(29)20-2-1-11-25-20)12-21(28)26-13-15-3-5-17(6-4-15)23(30)31;/h7-10,15,17-18,20,25H,1-6,11-14H2,(H,26,28)(H,27,29)(H,30,31);1H/t15?,17?,18-,20-;/m0./s1. The van der Waals surface area contributed by atoms with Crippen molar-refractivity contribution in [2.75, 3.05) is 19.6 Å². The van der Waals surface area contributed by atoms with Crippen LogP contribution in [0.15, 0.2) is 24.3 Å². The molecule has 2 aliphatic rings. The van der Waals surface area contributed by atoms with E-state index in [1.54, 1.807) is 12.1 Å². The van der Waals surface area contributed by atoms with Crippen LogP contribution in [0.2, 0.25) is 5.02 Å². The molecule has 2 atom stereocenters. The van der Waals surface area contributed by atoms with Crippen LogP contribution in [0.3, 0.4) is 0 Å². The lowest BCUT2D eigenvalue weighted by atomic mass is 9.82. The van der Waals surface area contributed by atoms with Gasteiger partial charge in [-0.15, -0.1) is 12.4 Å². The smallest absolute Gasteiger partial charge is 0.306 e. The number of carboxylic acid groups (broad SMARTS) is 1. The number of rotatable bonds is 9. The first-order chi connectivity index (χ1) is 14.9. The maximum absolute atomic E-state index is 12.7. The fraction of sp³-hybridized carbons (Fsp3) is 0.609. The van der Waals surface area contributed by atoms with Crippen LogP contribution < -0.4 is 16.0 Å². The Hall–Kier alpha value is -1.83. The summed E-state index contributed by atoms with van der Waals surface area (Å²) in [6, 6.07) is 7.23. The molecule has 32 heavy (non-hydrogen) atoms. The summed E-state index contributed by atoms with van der Waals surface area (Å²) in [5, 5.41) is 18.9. The highest BCUT2D eigenvalue weighted by Crippen LogP contribution is 2.28. The summed E-state index contributed by atoms with van der Waals surface area (Å²) in [7, 11) is 0. The van der Waals surface area contributed by atoms with E-state index >= 15 is 0 Å². The molecule has 1 aliphatic carbocycles. The topological polar surface area (TPSA) is 108 Å². The highest BCUT2D eigenvalue weighted by atomic mass is 35.5. The minimum atomic E-state index is -0.719. The number of hydrogen-bond acceptors (Lipinski definition) is 4. The molecule has 4 N–H and O–H groups in total. The van der Waals surface area contributed by atoms with Gasteiger partial charge in [0.1, 0.15) is 0 Å². The molecule has 1 saturated heterocycles. The lowest BCUT2D eigenvalue weighted by Gasteiger charge is -2.26. The molecule has 0 aromatic heterocycles. The first kappa shape index (κ1) is 26.4. The molecule has 0 spiro atoms. The summed E-state index contributed by atoms with van der Waals surface area (Å²) in [6.07, 6.45) is 5.08. The van der Waals surface area contributed by atoms with Crippen LogP contribution in [0.4, 0.5) is 0 Å². The second-order valence-electron chi connectivity index (χ2n) is 8.71. The van der Waals surface area contributed by atoms with Crippen LogP contribution in [0.5, 0.6) is 0 Å². The predicted molar refractivity (Wildman–Crippen MR) is 126 cm³/mol. The SMILES string of the molecule is Cl.O=C(C[C@@H](CNC(=O)[C@@H]1CCCN1)c1ccc(Cl)cc1)NCC1CCC(C(=O)O)CC1. The van der Waals surface area contributed by atoms with Crippen LogP contribution in [0.1, 0.15) is 56.4 Å². The summed E-state index contributed by atoms with van der Waals surface area (Å²) in [6.45, 7) is 1.81. The molecule has 9 heteroatoms. The van der Waals surface area contributed by atoms with E-state index in [0.29, 0.717) is 36.9 Å². The Morgan fingerprint density at radius 1 is 1.06 bits per heavy atom. The quantitative estimate of drug-likeness (QED) is 0.429. The Morgan fingerprint density at radius 2 is 1.75 bits per heavy atom. The van der Waals surface area contributed by atoms with Gasteiger partial charge in [-0.1, -0.05) is 23.7 Å². The molecular formula is C23H33Cl2N3O4. The van der Waals surface area contributed by atoms with Crippen LogP contribution in [0.25, 0.3) is 0 Å². The number of carbonyl (C=O) groups is 3. The van der Waals surface area contributed by atoms with Gasteiger partial charge in [0.15, 0.2) is 0 Å². The normalized spacial score (nSPS) is 23.6. The molecule has 1 aromatic carbocycles. The van der Waals surface area contributed by atoms with Crippen molar-refractivity contribution in [3.63, 3.8) is 0 Å².